The SMILES string of the molecule is COc1nn(C)c2nc(C)c(CCC(=O)Oc3ccc(-c4ccc(C#N)cc4)cc3)c(C)c12. The zero-order valence-corrected chi connectivity index (χ0v) is 19.0. The smallest absolute Gasteiger partial charge is 0.311 e. The number of pyridine rings is 1. The van der Waals surface area contributed by atoms with E-state index in [4.69, 9.17) is 14.7 Å². The number of rotatable bonds is 6. The number of aromatic nitrogens is 3. The van der Waals surface area contributed by atoms with Gasteiger partial charge in [0.05, 0.1) is 30.5 Å². The molecule has 0 spiro atoms. The van der Waals surface area contributed by atoms with Crippen molar-refractivity contribution in [1.29, 1.82) is 5.26 Å². The first-order valence-electron chi connectivity index (χ1n) is 10.6. The van der Waals surface area contributed by atoms with Crippen LogP contribution in [0.1, 0.15) is 28.8 Å². The van der Waals surface area contributed by atoms with Crippen molar-refractivity contribution < 1.29 is 14.3 Å². The number of fused-ring (bicyclic) bond motifs is 1. The fraction of sp³-hybridized carbons (Fsp3) is 0.231. The lowest BCUT2D eigenvalue weighted by Gasteiger charge is -2.11. The molecular weight excluding hydrogens is 416 g/mol. The minimum Gasteiger partial charge on any atom is -0.479 e. The second-order valence-corrected chi connectivity index (χ2v) is 7.82. The summed E-state index contributed by atoms with van der Waals surface area (Å²) in [5.41, 5.74) is 6.23. The summed E-state index contributed by atoms with van der Waals surface area (Å²) < 4.78 is 12.6. The van der Waals surface area contributed by atoms with E-state index < -0.39 is 0 Å². The third-order valence-corrected chi connectivity index (χ3v) is 5.73. The number of nitriles is 1. The van der Waals surface area contributed by atoms with Crippen molar-refractivity contribution in [2.45, 2.75) is 26.7 Å². The molecule has 0 aliphatic carbocycles. The normalized spacial score (nSPS) is 10.8. The Labute approximate surface area is 192 Å². The van der Waals surface area contributed by atoms with E-state index in [1.54, 1.807) is 36.1 Å². The monoisotopic (exact) mass is 440 g/mol. The van der Waals surface area contributed by atoms with Gasteiger partial charge < -0.3 is 9.47 Å². The second-order valence-electron chi connectivity index (χ2n) is 7.82. The molecule has 7 nitrogen and oxygen atoms in total. The first-order chi connectivity index (χ1) is 15.9. The summed E-state index contributed by atoms with van der Waals surface area (Å²) in [5, 5.41) is 14.2. The van der Waals surface area contributed by atoms with Crippen LogP contribution in [0.4, 0.5) is 0 Å². The molecule has 166 valence electrons. The Kier molecular flexibility index (Phi) is 6.09. The molecule has 4 rings (SSSR count). The molecular formula is C26H24N4O3. The Bertz CT molecular complexity index is 1360. The number of esters is 1. The predicted octanol–water partition coefficient (Wildman–Crippen LogP) is 4.67. The van der Waals surface area contributed by atoms with Crippen LogP contribution in [0.25, 0.3) is 22.2 Å². The topological polar surface area (TPSA) is 90.0 Å². The van der Waals surface area contributed by atoms with Crippen LogP contribution in [0, 0.1) is 25.2 Å². The highest BCUT2D eigenvalue weighted by Crippen LogP contribution is 2.30. The number of aryl methyl sites for hydroxylation is 3. The molecule has 0 radical (unpaired) electrons. The zero-order valence-electron chi connectivity index (χ0n) is 19.0. The van der Waals surface area contributed by atoms with E-state index in [0.717, 1.165) is 39.0 Å². The molecule has 0 N–H and O–H groups in total. The number of hydrogen-bond acceptors (Lipinski definition) is 6. The zero-order chi connectivity index (χ0) is 23.5. The molecule has 2 aromatic carbocycles. The molecule has 0 amide bonds. The van der Waals surface area contributed by atoms with Gasteiger partial charge in [-0.25, -0.2) is 9.67 Å². The van der Waals surface area contributed by atoms with Crippen LogP contribution in [0.3, 0.4) is 0 Å². The first kappa shape index (κ1) is 22.0. The number of benzene rings is 2. The van der Waals surface area contributed by atoms with Crippen LogP contribution < -0.4 is 9.47 Å². The summed E-state index contributed by atoms with van der Waals surface area (Å²) in [6.07, 6.45) is 0.746. The van der Waals surface area contributed by atoms with E-state index in [2.05, 4.69) is 16.2 Å². The summed E-state index contributed by atoms with van der Waals surface area (Å²) in [4.78, 5) is 17.2. The van der Waals surface area contributed by atoms with Crippen LogP contribution in [0.15, 0.2) is 48.5 Å². The number of ether oxygens (including phenoxy) is 2. The van der Waals surface area contributed by atoms with Gasteiger partial charge in [-0.1, -0.05) is 24.3 Å². The van der Waals surface area contributed by atoms with Crippen LogP contribution in [0.2, 0.25) is 0 Å². The van der Waals surface area contributed by atoms with Crippen molar-refractivity contribution in [3.05, 3.63) is 70.9 Å². The molecule has 0 aliphatic rings. The highest BCUT2D eigenvalue weighted by Gasteiger charge is 2.19. The van der Waals surface area contributed by atoms with Crippen LogP contribution in [0.5, 0.6) is 11.6 Å². The van der Waals surface area contributed by atoms with Crippen molar-refractivity contribution in [2.24, 2.45) is 7.05 Å². The van der Waals surface area contributed by atoms with Gasteiger partial charge in [-0.05, 0) is 66.8 Å². The number of carbonyl (C=O) groups is 1. The summed E-state index contributed by atoms with van der Waals surface area (Å²) >= 11 is 0. The molecule has 0 aliphatic heterocycles. The largest absolute Gasteiger partial charge is 0.479 e. The third kappa shape index (κ3) is 4.41. The van der Waals surface area contributed by atoms with E-state index in [1.807, 2.05) is 45.2 Å². The van der Waals surface area contributed by atoms with Gasteiger partial charge in [0.15, 0.2) is 5.65 Å². The maximum absolute atomic E-state index is 12.5. The Morgan fingerprint density at radius 2 is 1.70 bits per heavy atom. The average Bonchev–Trinajstić information content (AvgIpc) is 3.15. The maximum atomic E-state index is 12.5. The molecule has 2 aromatic heterocycles. The third-order valence-electron chi connectivity index (χ3n) is 5.73. The Balaban J connectivity index is 1.44. The molecule has 7 heteroatoms. The van der Waals surface area contributed by atoms with E-state index in [1.165, 1.54) is 0 Å². The molecule has 0 fully saturated rings. The van der Waals surface area contributed by atoms with Crippen molar-refractivity contribution in [1.82, 2.24) is 14.8 Å². The fourth-order valence-electron chi connectivity index (χ4n) is 3.97. The van der Waals surface area contributed by atoms with E-state index >= 15 is 0 Å². The quantitative estimate of drug-likeness (QED) is 0.320. The minimum atomic E-state index is -0.307. The Hall–Kier alpha value is -4.18. The first-order valence-corrected chi connectivity index (χ1v) is 10.6. The van der Waals surface area contributed by atoms with Crippen molar-refractivity contribution in [3.8, 4) is 28.8 Å². The summed E-state index contributed by atoms with van der Waals surface area (Å²) in [7, 11) is 3.42. The van der Waals surface area contributed by atoms with Gasteiger partial charge in [-0.15, -0.1) is 5.10 Å². The minimum absolute atomic E-state index is 0.231. The van der Waals surface area contributed by atoms with E-state index in [0.29, 0.717) is 23.6 Å². The van der Waals surface area contributed by atoms with Gasteiger partial charge in [0.1, 0.15) is 5.75 Å². The van der Waals surface area contributed by atoms with Crippen LogP contribution in [-0.2, 0) is 18.3 Å². The summed E-state index contributed by atoms with van der Waals surface area (Å²) in [6, 6.07) is 16.8. The average molecular weight is 441 g/mol. The summed E-state index contributed by atoms with van der Waals surface area (Å²) in [5.74, 6) is 0.718. The van der Waals surface area contributed by atoms with Gasteiger partial charge in [-0.3, -0.25) is 4.79 Å². The predicted molar refractivity (Wildman–Crippen MR) is 125 cm³/mol. The van der Waals surface area contributed by atoms with E-state index in [-0.39, 0.29) is 12.4 Å². The number of methoxy groups -OCH3 is 1. The Morgan fingerprint density at radius 3 is 2.30 bits per heavy atom. The van der Waals surface area contributed by atoms with Gasteiger partial charge in [0, 0.05) is 12.7 Å². The van der Waals surface area contributed by atoms with Crippen molar-refractivity contribution >= 4 is 17.0 Å². The molecule has 2 heterocycles. The molecule has 0 atom stereocenters. The highest BCUT2D eigenvalue weighted by molar-refractivity contribution is 5.86. The molecule has 33 heavy (non-hydrogen) atoms. The fourth-order valence-corrected chi connectivity index (χ4v) is 3.97. The molecule has 0 bridgehead atoms. The van der Waals surface area contributed by atoms with Crippen molar-refractivity contribution in [2.75, 3.05) is 7.11 Å². The lowest BCUT2D eigenvalue weighted by atomic mass is 10.0. The van der Waals surface area contributed by atoms with Crippen molar-refractivity contribution in [3.63, 3.8) is 0 Å². The van der Waals surface area contributed by atoms with Crippen LogP contribution in [-0.4, -0.2) is 27.8 Å². The van der Waals surface area contributed by atoms with Crippen LogP contribution >= 0.6 is 0 Å². The number of hydrogen-bond donors (Lipinski definition) is 0. The second kappa shape index (κ2) is 9.13. The maximum Gasteiger partial charge on any atom is 0.311 e. The molecule has 0 unspecified atom stereocenters. The standard InChI is InChI=1S/C26H24N4O3/c1-16-22(17(2)28-25-24(16)26(32-4)29-30(25)3)13-14-23(31)33-21-11-9-20(10-12-21)19-7-5-18(15-27)6-8-19/h5-12H,13-14H2,1-4H3. The van der Waals surface area contributed by atoms with Gasteiger partial charge >= 0.3 is 5.97 Å². The Morgan fingerprint density at radius 1 is 1.06 bits per heavy atom. The number of nitrogens with zero attached hydrogens (tertiary/aromatic N) is 4. The van der Waals surface area contributed by atoms with Gasteiger partial charge in [-0.2, -0.15) is 5.26 Å². The van der Waals surface area contributed by atoms with Gasteiger partial charge in [0.2, 0.25) is 5.88 Å². The summed E-state index contributed by atoms with van der Waals surface area (Å²) in [6.45, 7) is 3.94. The molecule has 0 saturated carbocycles. The highest BCUT2D eigenvalue weighted by atomic mass is 16.5. The number of carbonyl (C=O) groups excluding carboxylic acids is 1. The van der Waals surface area contributed by atoms with E-state index in [9.17, 15) is 4.79 Å². The lowest BCUT2D eigenvalue weighted by molar-refractivity contribution is -0.134. The lowest BCUT2D eigenvalue weighted by Crippen LogP contribution is -2.10. The molecule has 0 saturated heterocycles. The molecule has 4 aromatic rings. The van der Waals surface area contributed by atoms with Gasteiger partial charge in [0.25, 0.3) is 0 Å².